The number of hydrogen-bond acceptors (Lipinski definition) is 8. The average Bonchev–Trinajstić information content (AvgIpc) is 3.37. The summed E-state index contributed by atoms with van der Waals surface area (Å²) in [5.41, 5.74) is 10.3. The molecule has 0 spiro atoms. The van der Waals surface area contributed by atoms with Crippen molar-refractivity contribution in [1.29, 1.82) is 0 Å². The van der Waals surface area contributed by atoms with Crippen LogP contribution in [-0.4, -0.2) is 33.2 Å². The summed E-state index contributed by atoms with van der Waals surface area (Å²) in [5, 5.41) is 9.29. The topological polar surface area (TPSA) is 77.1 Å². The van der Waals surface area contributed by atoms with E-state index in [1.807, 2.05) is 24.3 Å². The minimum Gasteiger partial charge on any atom is -0.383 e. The number of nitrogens with zero attached hydrogens (tertiary/aromatic N) is 3. The van der Waals surface area contributed by atoms with E-state index in [1.165, 1.54) is 17.5 Å². The van der Waals surface area contributed by atoms with Crippen LogP contribution in [0.5, 0.6) is 0 Å². The van der Waals surface area contributed by atoms with Gasteiger partial charge in [0.05, 0.1) is 49.3 Å². The fraction of sp³-hybridized carbons (Fsp3) is 0.333. The monoisotopic (exact) mass is 611 g/mol. The molecule has 42 heavy (non-hydrogen) atoms. The summed E-state index contributed by atoms with van der Waals surface area (Å²) in [6.07, 6.45) is 4.62. The van der Waals surface area contributed by atoms with E-state index in [0.29, 0.717) is 34.0 Å². The summed E-state index contributed by atoms with van der Waals surface area (Å²) in [7, 11) is 0. The van der Waals surface area contributed by atoms with E-state index in [1.54, 1.807) is 17.8 Å². The Morgan fingerprint density at radius 3 is 2.69 bits per heavy atom. The van der Waals surface area contributed by atoms with Gasteiger partial charge in [-0.05, 0) is 42.0 Å². The maximum atomic E-state index is 13.9. The van der Waals surface area contributed by atoms with E-state index in [-0.39, 0.29) is 18.3 Å². The predicted octanol–water partition coefficient (Wildman–Crippen LogP) is 7.35. The van der Waals surface area contributed by atoms with E-state index in [2.05, 4.69) is 58.3 Å². The minimum absolute atomic E-state index is 0.0194. The number of thiazole rings is 1. The Bertz CT molecular complexity index is 1750. The molecule has 2 aliphatic rings. The third-order valence-electron chi connectivity index (χ3n) is 7.50. The first-order valence-corrected chi connectivity index (χ1v) is 14.7. The number of fused-ring (bicyclic) bond motifs is 2. The third kappa shape index (κ3) is 5.08. The van der Waals surface area contributed by atoms with Gasteiger partial charge in [-0.3, -0.25) is 9.99 Å². The molecule has 4 aromatic rings. The highest BCUT2D eigenvalue weighted by molar-refractivity contribution is 7.17. The molecule has 6 rings (SSSR count). The number of benzene rings is 2. The number of aromatic nitrogens is 2. The highest BCUT2D eigenvalue weighted by Gasteiger charge is 2.67. The van der Waals surface area contributed by atoms with Gasteiger partial charge in [-0.1, -0.05) is 50.4 Å². The van der Waals surface area contributed by atoms with Crippen molar-refractivity contribution in [2.24, 2.45) is 5.41 Å². The van der Waals surface area contributed by atoms with E-state index in [4.69, 9.17) is 18.0 Å². The second-order valence-electron chi connectivity index (χ2n) is 11.8. The fourth-order valence-electron chi connectivity index (χ4n) is 5.11. The van der Waals surface area contributed by atoms with Gasteiger partial charge >= 0.3 is 6.18 Å². The lowest BCUT2D eigenvalue weighted by Gasteiger charge is -2.28. The van der Waals surface area contributed by atoms with Crippen molar-refractivity contribution in [2.75, 3.05) is 17.2 Å². The van der Waals surface area contributed by atoms with Gasteiger partial charge in [0, 0.05) is 30.0 Å². The maximum absolute atomic E-state index is 13.9. The highest BCUT2D eigenvalue weighted by atomic mass is 35.5. The third-order valence-corrected chi connectivity index (χ3v) is 8.68. The van der Waals surface area contributed by atoms with Gasteiger partial charge in [-0.25, -0.2) is 4.98 Å². The van der Waals surface area contributed by atoms with Crippen LogP contribution in [-0.2, 0) is 0 Å². The van der Waals surface area contributed by atoms with Crippen molar-refractivity contribution < 1.29 is 13.2 Å². The first-order valence-electron chi connectivity index (χ1n) is 13.4. The second kappa shape index (κ2) is 10.2. The molecule has 0 radical (unpaired) electrons. The minimum atomic E-state index is -4.38. The summed E-state index contributed by atoms with van der Waals surface area (Å²) >= 11 is 8.23. The molecule has 1 atom stereocenters. The van der Waals surface area contributed by atoms with Gasteiger partial charge in [0.1, 0.15) is 0 Å². The van der Waals surface area contributed by atoms with Crippen molar-refractivity contribution >= 4 is 55.4 Å². The molecule has 1 saturated carbocycles. The van der Waals surface area contributed by atoms with Crippen LogP contribution < -0.4 is 21.6 Å². The lowest BCUT2D eigenvalue weighted by molar-refractivity contribution is -0.195. The summed E-state index contributed by atoms with van der Waals surface area (Å²) in [4.78, 5) is 8.96. The van der Waals surface area contributed by atoms with Crippen LogP contribution in [0.2, 0.25) is 5.02 Å². The number of nitrogens with one attached hydrogen (secondary N) is 4. The molecule has 12 heteroatoms. The number of anilines is 2. The number of rotatable bonds is 7. The van der Waals surface area contributed by atoms with Gasteiger partial charge < -0.3 is 16.1 Å². The number of halogens is 4. The van der Waals surface area contributed by atoms with Crippen molar-refractivity contribution in [2.45, 2.75) is 51.4 Å². The number of hydrazine groups is 2. The summed E-state index contributed by atoms with van der Waals surface area (Å²) in [5.74, 6) is 2.71. The van der Waals surface area contributed by atoms with Crippen molar-refractivity contribution in [3.05, 3.63) is 70.1 Å². The van der Waals surface area contributed by atoms with Gasteiger partial charge in [-0.2, -0.15) is 13.2 Å². The number of terminal acetylenes is 1. The van der Waals surface area contributed by atoms with Crippen LogP contribution in [0.4, 0.5) is 24.5 Å². The SMILES string of the molecule is C#Cc1cnc2c(Cl)cc(N[C@H](C3=CN(C4(C(F)(F)F)CC4)NN3)c3cccc4ncsc34)cc2c1NCC(C)(C)C. The van der Waals surface area contributed by atoms with Crippen LogP contribution in [0, 0.1) is 17.8 Å². The standard InChI is InChI=1S/C30H29ClF3N7S/c1-5-17-13-35-25-20(24(17)36-15-28(2,3)4)11-18(12-21(25)31)38-26(19-7-6-8-22-27(19)42-16-37-22)23-14-41(40-39-23)29(9-10-29)30(32,33)34/h1,6-8,11-14,16,26,38-40H,9-10,15H2,2-4H3,(H,35,36)/t26-/m0/s1. The predicted molar refractivity (Wildman–Crippen MR) is 163 cm³/mol. The number of hydrogen-bond donors (Lipinski definition) is 4. The summed E-state index contributed by atoms with van der Waals surface area (Å²) in [6.45, 7) is 7.01. The molecule has 4 N–H and O–H groups in total. The van der Waals surface area contributed by atoms with Crippen LogP contribution in [0.25, 0.3) is 21.1 Å². The van der Waals surface area contributed by atoms with Crippen LogP contribution in [0.3, 0.4) is 0 Å². The Morgan fingerprint density at radius 2 is 2.00 bits per heavy atom. The molecule has 0 saturated heterocycles. The van der Waals surface area contributed by atoms with Crippen molar-refractivity contribution in [1.82, 2.24) is 25.9 Å². The molecular weight excluding hydrogens is 583 g/mol. The van der Waals surface area contributed by atoms with Crippen LogP contribution in [0.15, 0.2) is 53.9 Å². The van der Waals surface area contributed by atoms with Crippen molar-refractivity contribution in [3.63, 3.8) is 0 Å². The Hall–Kier alpha value is -3.72. The van der Waals surface area contributed by atoms with Gasteiger partial charge in [0.15, 0.2) is 5.54 Å². The average molecular weight is 612 g/mol. The smallest absolute Gasteiger partial charge is 0.383 e. The normalized spacial score (nSPS) is 17.1. The zero-order chi connectivity index (χ0) is 29.9. The van der Waals surface area contributed by atoms with Crippen LogP contribution >= 0.6 is 22.9 Å². The molecule has 2 aromatic carbocycles. The molecule has 3 heterocycles. The lowest BCUT2D eigenvalue weighted by atomic mass is 9.96. The molecule has 0 unspecified atom stereocenters. The zero-order valence-electron chi connectivity index (χ0n) is 23.2. The Labute approximate surface area is 250 Å². The lowest BCUT2D eigenvalue weighted by Crippen LogP contribution is -2.52. The Balaban J connectivity index is 1.45. The number of pyridine rings is 1. The highest BCUT2D eigenvalue weighted by Crippen LogP contribution is 2.54. The molecule has 1 aliphatic heterocycles. The molecule has 7 nitrogen and oxygen atoms in total. The van der Waals surface area contributed by atoms with Crippen LogP contribution in [0.1, 0.15) is 50.8 Å². The maximum Gasteiger partial charge on any atom is 0.413 e. The first kappa shape index (κ1) is 28.4. The molecule has 2 aromatic heterocycles. The molecule has 218 valence electrons. The fourth-order valence-corrected chi connectivity index (χ4v) is 6.21. The quantitative estimate of drug-likeness (QED) is 0.163. The molecule has 0 amide bonds. The van der Waals surface area contributed by atoms with E-state index < -0.39 is 17.8 Å². The summed E-state index contributed by atoms with van der Waals surface area (Å²) in [6, 6.07) is 8.84. The largest absolute Gasteiger partial charge is 0.413 e. The van der Waals surface area contributed by atoms with E-state index in [0.717, 1.165) is 31.9 Å². The Kier molecular flexibility index (Phi) is 6.91. The second-order valence-corrected chi connectivity index (χ2v) is 13.1. The molecule has 1 fully saturated rings. The number of alkyl halides is 3. The van der Waals surface area contributed by atoms with E-state index in [9.17, 15) is 13.2 Å². The Morgan fingerprint density at radius 1 is 1.21 bits per heavy atom. The molecular formula is C30H29ClF3N7S. The first-order chi connectivity index (χ1) is 19.9. The zero-order valence-corrected chi connectivity index (χ0v) is 24.7. The van der Waals surface area contributed by atoms with Gasteiger partial charge in [0.25, 0.3) is 0 Å². The molecule has 1 aliphatic carbocycles. The van der Waals surface area contributed by atoms with Gasteiger partial charge in [0.2, 0.25) is 0 Å². The molecule has 0 bridgehead atoms. The van der Waals surface area contributed by atoms with Gasteiger partial charge in [-0.15, -0.1) is 23.3 Å². The summed E-state index contributed by atoms with van der Waals surface area (Å²) < 4.78 is 42.7. The van der Waals surface area contributed by atoms with E-state index >= 15 is 0 Å². The van der Waals surface area contributed by atoms with Crippen molar-refractivity contribution in [3.8, 4) is 12.3 Å².